The van der Waals surface area contributed by atoms with Crippen molar-refractivity contribution in [3.63, 3.8) is 0 Å². The van der Waals surface area contributed by atoms with Gasteiger partial charge in [-0.1, -0.05) is 30.3 Å². The first-order valence-corrected chi connectivity index (χ1v) is 7.95. The van der Waals surface area contributed by atoms with Crippen LogP contribution < -0.4 is 5.32 Å². The quantitative estimate of drug-likeness (QED) is 0.922. The van der Waals surface area contributed by atoms with Gasteiger partial charge in [0, 0.05) is 31.8 Å². The molecule has 2 aliphatic heterocycles. The van der Waals surface area contributed by atoms with Crippen molar-refractivity contribution in [2.75, 3.05) is 19.7 Å². The molecule has 2 fully saturated rings. The minimum Gasteiger partial charge on any atom is -0.368 e. The van der Waals surface area contributed by atoms with Crippen LogP contribution in [-0.4, -0.2) is 42.6 Å². The van der Waals surface area contributed by atoms with Gasteiger partial charge in [0.25, 0.3) is 0 Å². The van der Waals surface area contributed by atoms with Crippen LogP contribution in [0.3, 0.4) is 0 Å². The molecule has 1 aromatic rings. The Morgan fingerprint density at radius 3 is 2.86 bits per heavy atom. The molecule has 1 N–H and O–H groups in total. The molecule has 4 heteroatoms. The van der Waals surface area contributed by atoms with E-state index in [1.165, 1.54) is 5.56 Å². The molecule has 0 saturated carbocycles. The Balaban J connectivity index is 1.52. The molecule has 0 radical (unpaired) electrons. The maximum atomic E-state index is 12.1. The number of rotatable bonds is 4. The first-order chi connectivity index (χ1) is 10.2. The Morgan fingerprint density at radius 1 is 1.33 bits per heavy atom. The smallest absolute Gasteiger partial charge is 0.249 e. The lowest BCUT2D eigenvalue weighted by Crippen LogP contribution is -2.42. The Bertz CT molecular complexity index is 471. The summed E-state index contributed by atoms with van der Waals surface area (Å²) in [6.07, 6.45) is 2.67. The number of nitrogens with one attached hydrogen (secondary N) is 1. The Hall–Kier alpha value is -1.39. The predicted octanol–water partition coefficient (Wildman–Crippen LogP) is 2.12. The van der Waals surface area contributed by atoms with Gasteiger partial charge < -0.3 is 10.1 Å². The normalized spacial score (nSPS) is 27.7. The van der Waals surface area contributed by atoms with E-state index in [1.807, 2.05) is 6.07 Å². The van der Waals surface area contributed by atoms with E-state index in [0.717, 1.165) is 39.0 Å². The van der Waals surface area contributed by atoms with Crippen molar-refractivity contribution < 1.29 is 9.53 Å². The number of hydrogen-bond acceptors (Lipinski definition) is 3. The largest absolute Gasteiger partial charge is 0.368 e. The van der Waals surface area contributed by atoms with Gasteiger partial charge in [-0.3, -0.25) is 9.69 Å². The molecule has 4 nitrogen and oxygen atoms in total. The Labute approximate surface area is 126 Å². The number of nitrogens with zero attached hydrogens (tertiary/aromatic N) is 1. The van der Waals surface area contributed by atoms with Gasteiger partial charge in [-0.05, 0) is 31.7 Å². The molecular weight excluding hydrogens is 264 g/mol. The van der Waals surface area contributed by atoms with E-state index >= 15 is 0 Å². The van der Waals surface area contributed by atoms with Gasteiger partial charge in [-0.15, -0.1) is 0 Å². The summed E-state index contributed by atoms with van der Waals surface area (Å²) in [4.78, 5) is 14.5. The van der Waals surface area contributed by atoms with E-state index in [9.17, 15) is 4.79 Å². The second-order valence-electron chi connectivity index (χ2n) is 6.08. The van der Waals surface area contributed by atoms with Crippen molar-refractivity contribution >= 4 is 5.91 Å². The lowest BCUT2D eigenvalue weighted by Gasteiger charge is -2.25. The van der Waals surface area contributed by atoms with Gasteiger partial charge in [0.05, 0.1) is 0 Å². The second kappa shape index (κ2) is 6.58. The standard InChI is InChI=1S/C17H24N2O2/c1-13(14-6-3-2-4-7-14)19-10-9-15(12-19)18-17(20)16-8-5-11-21-16/h2-4,6-7,13,15-16H,5,8-12H2,1H3,(H,18,20)/t13-,15-,16-/m1/s1. The van der Waals surface area contributed by atoms with Gasteiger partial charge in [-0.2, -0.15) is 0 Å². The lowest BCUT2D eigenvalue weighted by molar-refractivity contribution is -0.130. The van der Waals surface area contributed by atoms with Crippen molar-refractivity contribution in [2.45, 2.75) is 44.4 Å². The summed E-state index contributed by atoms with van der Waals surface area (Å²) >= 11 is 0. The molecule has 21 heavy (non-hydrogen) atoms. The molecule has 2 heterocycles. The minimum absolute atomic E-state index is 0.0757. The van der Waals surface area contributed by atoms with Crippen LogP contribution in [0.1, 0.15) is 37.8 Å². The highest BCUT2D eigenvalue weighted by molar-refractivity contribution is 5.81. The van der Waals surface area contributed by atoms with E-state index in [0.29, 0.717) is 6.04 Å². The van der Waals surface area contributed by atoms with Gasteiger partial charge in [0.15, 0.2) is 0 Å². The first kappa shape index (κ1) is 14.5. The highest BCUT2D eigenvalue weighted by atomic mass is 16.5. The molecule has 114 valence electrons. The molecule has 0 aliphatic carbocycles. The maximum Gasteiger partial charge on any atom is 0.249 e. The summed E-state index contributed by atoms with van der Waals surface area (Å²) in [6.45, 7) is 4.92. The van der Waals surface area contributed by atoms with Crippen molar-refractivity contribution in [1.29, 1.82) is 0 Å². The fraction of sp³-hybridized carbons (Fsp3) is 0.588. The van der Waals surface area contributed by atoms with Crippen LogP contribution in [0.5, 0.6) is 0 Å². The highest BCUT2D eigenvalue weighted by Crippen LogP contribution is 2.24. The summed E-state index contributed by atoms with van der Waals surface area (Å²) in [5, 5.41) is 3.15. The zero-order valence-electron chi connectivity index (χ0n) is 12.6. The van der Waals surface area contributed by atoms with Gasteiger partial charge >= 0.3 is 0 Å². The highest BCUT2D eigenvalue weighted by Gasteiger charge is 2.30. The second-order valence-corrected chi connectivity index (χ2v) is 6.08. The Kier molecular flexibility index (Phi) is 4.56. The molecule has 1 amide bonds. The topological polar surface area (TPSA) is 41.6 Å². The van der Waals surface area contributed by atoms with Crippen LogP contribution >= 0.6 is 0 Å². The Morgan fingerprint density at radius 2 is 2.14 bits per heavy atom. The number of carbonyl (C=O) groups is 1. The first-order valence-electron chi connectivity index (χ1n) is 7.95. The van der Waals surface area contributed by atoms with Crippen molar-refractivity contribution in [2.24, 2.45) is 0 Å². The fourth-order valence-electron chi connectivity index (χ4n) is 3.28. The van der Waals surface area contributed by atoms with E-state index in [1.54, 1.807) is 0 Å². The zero-order valence-corrected chi connectivity index (χ0v) is 12.6. The average Bonchev–Trinajstić information content (AvgIpc) is 3.19. The van der Waals surface area contributed by atoms with Gasteiger partial charge in [-0.25, -0.2) is 0 Å². The molecular formula is C17H24N2O2. The monoisotopic (exact) mass is 288 g/mol. The fourth-order valence-corrected chi connectivity index (χ4v) is 3.28. The van der Waals surface area contributed by atoms with Crippen molar-refractivity contribution in [3.8, 4) is 0 Å². The summed E-state index contributed by atoms with van der Waals surface area (Å²) in [6, 6.07) is 11.2. The molecule has 0 spiro atoms. The average molecular weight is 288 g/mol. The van der Waals surface area contributed by atoms with Crippen LogP contribution in [-0.2, 0) is 9.53 Å². The van der Waals surface area contributed by atoms with Crippen LogP contribution in [0.15, 0.2) is 30.3 Å². The molecule has 1 aromatic carbocycles. The van der Waals surface area contributed by atoms with E-state index in [4.69, 9.17) is 4.74 Å². The number of ether oxygens (including phenoxy) is 1. The van der Waals surface area contributed by atoms with Crippen LogP contribution in [0.4, 0.5) is 0 Å². The molecule has 0 aromatic heterocycles. The number of benzene rings is 1. The summed E-state index contributed by atoms with van der Waals surface area (Å²) in [5.41, 5.74) is 1.34. The van der Waals surface area contributed by atoms with Crippen LogP contribution in [0.2, 0.25) is 0 Å². The summed E-state index contributed by atoms with van der Waals surface area (Å²) in [5.74, 6) is 0.0757. The lowest BCUT2D eigenvalue weighted by atomic mass is 10.1. The molecule has 3 rings (SSSR count). The zero-order chi connectivity index (χ0) is 14.7. The van der Waals surface area contributed by atoms with Crippen molar-refractivity contribution in [3.05, 3.63) is 35.9 Å². The minimum atomic E-state index is -0.217. The number of carbonyl (C=O) groups excluding carboxylic acids is 1. The number of amides is 1. The third kappa shape index (κ3) is 3.44. The van der Waals surface area contributed by atoms with Gasteiger partial charge in [0.1, 0.15) is 6.10 Å². The molecule has 2 saturated heterocycles. The number of hydrogen-bond donors (Lipinski definition) is 1. The van der Waals surface area contributed by atoms with Crippen molar-refractivity contribution in [1.82, 2.24) is 10.2 Å². The van der Waals surface area contributed by atoms with E-state index in [2.05, 4.69) is 41.4 Å². The van der Waals surface area contributed by atoms with E-state index < -0.39 is 0 Å². The van der Waals surface area contributed by atoms with Gasteiger partial charge in [0.2, 0.25) is 5.91 Å². The predicted molar refractivity (Wildman–Crippen MR) is 82.0 cm³/mol. The molecule has 0 unspecified atom stereocenters. The maximum absolute atomic E-state index is 12.1. The number of likely N-dealkylation sites (tertiary alicyclic amines) is 1. The third-order valence-corrected chi connectivity index (χ3v) is 4.62. The summed E-state index contributed by atoms with van der Waals surface area (Å²) < 4.78 is 5.44. The molecule has 0 bridgehead atoms. The molecule has 3 atom stereocenters. The molecule has 2 aliphatic rings. The third-order valence-electron chi connectivity index (χ3n) is 4.62. The van der Waals surface area contributed by atoms with E-state index in [-0.39, 0.29) is 18.1 Å². The van der Waals surface area contributed by atoms with Crippen LogP contribution in [0.25, 0.3) is 0 Å². The summed E-state index contributed by atoms with van der Waals surface area (Å²) in [7, 11) is 0. The SMILES string of the molecule is C[C@H](c1ccccc1)N1CC[C@@H](NC(=O)[C@H]2CCCO2)C1. The van der Waals surface area contributed by atoms with Crippen LogP contribution in [0, 0.1) is 0 Å².